The number of carbonyl (C=O) groups is 2. The Morgan fingerprint density at radius 3 is 2.20 bits per heavy atom. The second kappa shape index (κ2) is 15.4. The summed E-state index contributed by atoms with van der Waals surface area (Å²) in [5.74, 6) is -0.912. The predicted octanol–water partition coefficient (Wildman–Crippen LogP) is 6.97. The minimum Gasteiger partial charge on any atom is -0.354 e. The van der Waals surface area contributed by atoms with E-state index in [0.29, 0.717) is 34.1 Å². The van der Waals surface area contributed by atoms with E-state index in [4.69, 9.17) is 23.2 Å². The van der Waals surface area contributed by atoms with Crippen molar-refractivity contribution in [1.29, 1.82) is 0 Å². The number of amides is 2. The maximum atomic E-state index is 14.5. The molecule has 4 aromatic carbocycles. The van der Waals surface area contributed by atoms with Crippen LogP contribution in [-0.4, -0.2) is 44.3 Å². The minimum absolute atomic E-state index is 0.0114. The van der Waals surface area contributed by atoms with E-state index in [1.54, 1.807) is 55.5 Å². The van der Waals surface area contributed by atoms with Gasteiger partial charge in [0.2, 0.25) is 11.8 Å². The fourth-order valence-corrected chi connectivity index (χ4v) is 6.76. The number of anilines is 1. The summed E-state index contributed by atoms with van der Waals surface area (Å²) < 4.78 is 29.5. The first-order valence-corrected chi connectivity index (χ1v) is 16.9. The van der Waals surface area contributed by atoms with Crippen LogP contribution in [0.15, 0.2) is 102 Å². The molecule has 0 aliphatic carbocycles. The number of hydrogen-bond acceptors (Lipinski definition) is 4. The lowest BCUT2D eigenvalue weighted by atomic mass is 10.0. The fourth-order valence-electron chi connectivity index (χ4n) is 4.93. The van der Waals surface area contributed by atoms with Gasteiger partial charge in [-0.2, -0.15) is 0 Å². The Balaban J connectivity index is 1.83. The third-order valence-electron chi connectivity index (χ3n) is 7.45. The van der Waals surface area contributed by atoms with Gasteiger partial charge in [-0.15, -0.1) is 0 Å². The summed E-state index contributed by atoms with van der Waals surface area (Å²) >= 11 is 12.9. The number of carbonyl (C=O) groups excluding carboxylic acids is 2. The predicted molar refractivity (Wildman–Crippen MR) is 181 cm³/mol. The van der Waals surface area contributed by atoms with E-state index >= 15 is 0 Å². The van der Waals surface area contributed by atoms with Gasteiger partial charge in [0.25, 0.3) is 10.0 Å². The summed E-state index contributed by atoms with van der Waals surface area (Å²) in [7, 11) is -4.24. The molecule has 10 heteroatoms. The third kappa shape index (κ3) is 8.66. The zero-order valence-corrected chi connectivity index (χ0v) is 27.9. The average molecular weight is 667 g/mol. The normalized spacial score (nSPS) is 11.9. The highest BCUT2D eigenvalue weighted by Crippen LogP contribution is 2.30. The molecule has 4 rings (SSSR count). The zero-order valence-electron chi connectivity index (χ0n) is 25.5. The van der Waals surface area contributed by atoms with Crippen LogP contribution < -0.4 is 9.62 Å². The Morgan fingerprint density at radius 1 is 0.867 bits per heavy atom. The van der Waals surface area contributed by atoms with Crippen LogP contribution in [0.4, 0.5) is 5.69 Å². The topological polar surface area (TPSA) is 86.8 Å². The van der Waals surface area contributed by atoms with Gasteiger partial charge in [-0.1, -0.05) is 102 Å². The highest BCUT2D eigenvalue weighted by molar-refractivity contribution is 7.92. The zero-order chi connectivity index (χ0) is 32.6. The van der Waals surface area contributed by atoms with Gasteiger partial charge in [-0.3, -0.25) is 13.9 Å². The van der Waals surface area contributed by atoms with Gasteiger partial charge in [0.1, 0.15) is 12.6 Å². The molecule has 0 aromatic heterocycles. The molecule has 4 aromatic rings. The van der Waals surface area contributed by atoms with Crippen LogP contribution in [0.1, 0.15) is 35.6 Å². The number of nitrogens with one attached hydrogen (secondary N) is 1. The maximum absolute atomic E-state index is 14.5. The molecular formula is C35H37Cl2N3O4S. The molecule has 0 unspecified atom stereocenters. The largest absolute Gasteiger partial charge is 0.354 e. The first-order chi connectivity index (χ1) is 21.5. The van der Waals surface area contributed by atoms with Gasteiger partial charge in [-0.25, -0.2) is 8.42 Å². The van der Waals surface area contributed by atoms with Crippen molar-refractivity contribution < 1.29 is 18.0 Å². The molecule has 1 atom stereocenters. The van der Waals surface area contributed by atoms with Gasteiger partial charge >= 0.3 is 0 Å². The van der Waals surface area contributed by atoms with Crippen LogP contribution in [0.5, 0.6) is 0 Å². The monoisotopic (exact) mass is 665 g/mol. The van der Waals surface area contributed by atoms with E-state index in [1.165, 1.54) is 23.1 Å². The first kappa shape index (κ1) is 34.0. The number of benzene rings is 4. The smallest absolute Gasteiger partial charge is 0.264 e. The lowest BCUT2D eigenvalue weighted by molar-refractivity contribution is -0.140. The molecule has 7 nitrogen and oxygen atoms in total. The van der Waals surface area contributed by atoms with Crippen molar-refractivity contribution in [1.82, 2.24) is 10.2 Å². The molecule has 45 heavy (non-hydrogen) atoms. The molecule has 0 saturated carbocycles. The van der Waals surface area contributed by atoms with Crippen LogP contribution >= 0.6 is 23.2 Å². The van der Waals surface area contributed by atoms with Crippen molar-refractivity contribution in [2.75, 3.05) is 17.4 Å². The second-order valence-corrected chi connectivity index (χ2v) is 13.6. The lowest BCUT2D eigenvalue weighted by Gasteiger charge is -2.34. The van der Waals surface area contributed by atoms with Crippen LogP contribution in [0.25, 0.3) is 0 Å². The molecule has 0 spiro atoms. The summed E-state index contributed by atoms with van der Waals surface area (Å²) in [6.07, 6.45) is 0.923. The SMILES string of the molecule is CCCNC(=O)[C@@H](Cc1ccccc1)N(Cc1ccccc1Cl)C(=O)CN(c1cc(Cl)ccc1C)S(=O)(=O)c1ccc(C)cc1. The van der Waals surface area contributed by atoms with Crippen LogP contribution in [0.3, 0.4) is 0 Å². The summed E-state index contributed by atoms with van der Waals surface area (Å²) in [5, 5.41) is 3.68. The van der Waals surface area contributed by atoms with Crippen molar-refractivity contribution in [2.45, 2.75) is 51.1 Å². The van der Waals surface area contributed by atoms with Crippen LogP contribution in [0, 0.1) is 13.8 Å². The summed E-state index contributed by atoms with van der Waals surface area (Å²) in [6.45, 7) is 5.40. The standard InChI is InChI=1S/C35H37Cl2N3O4S/c1-4-20-38-35(42)33(21-27-10-6-5-7-11-27)39(23-28-12-8-9-13-31(28)37)34(41)24-40(32-22-29(36)17-16-26(32)3)45(43,44)30-18-14-25(2)15-19-30/h5-19,22,33H,4,20-21,23-24H2,1-3H3,(H,38,42)/t33-/m1/s1. The highest BCUT2D eigenvalue weighted by Gasteiger charge is 2.35. The molecule has 1 N–H and O–H groups in total. The Labute approximate surface area is 275 Å². The first-order valence-electron chi connectivity index (χ1n) is 14.7. The van der Waals surface area contributed by atoms with Gasteiger partial charge in [0.15, 0.2) is 0 Å². The average Bonchev–Trinajstić information content (AvgIpc) is 3.03. The van der Waals surface area contributed by atoms with E-state index < -0.39 is 28.5 Å². The molecule has 0 saturated heterocycles. The molecule has 0 heterocycles. The van der Waals surface area contributed by atoms with E-state index in [9.17, 15) is 18.0 Å². The fraction of sp³-hybridized carbons (Fsp3) is 0.257. The van der Waals surface area contributed by atoms with Crippen molar-refractivity contribution in [3.8, 4) is 0 Å². The third-order valence-corrected chi connectivity index (χ3v) is 9.82. The van der Waals surface area contributed by atoms with Crippen molar-refractivity contribution in [2.24, 2.45) is 0 Å². The van der Waals surface area contributed by atoms with E-state index in [2.05, 4.69) is 5.32 Å². The van der Waals surface area contributed by atoms with E-state index in [-0.39, 0.29) is 29.5 Å². The maximum Gasteiger partial charge on any atom is 0.264 e. The number of rotatable bonds is 13. The van der Waals surface area contributed by atoms with Crippen molar-refractivity contribution in [3.05, 3.63) is 129 Å². The molecule has 0 fully saturated rings. The number of nitrogens with zero attached hydrogens (tertiary/aromatic N) is 2. The lowest BCUT2D eigenvalue weighted by Crippen LogP contribution is -2.53. The van der Waals surface area contributed by atoms with E-state index in [1.807, 2.05) is 44.2 Å². The molecule has 0 radical (unpaired) electrons. The summed E-state index contributed by atoms with van der Waals surface area (Å²) in [5.41, 5.74) is 3.25. The van der Waals surface area contributed by atoms with Gasteiger partial charge < -0.3 is 10.2 Å². The Morgan fingerprint density at radius 2 is 1.53 bits per heavy atom. The molecule has 236 valence electrons. The number of halogens is 2. The second-order valence-electron chi connectivity index (χ2n) is 10.9. The van der Waals surface area contributed by atoms with Crippen LogP contribution in [0.2, 0.25) is 10.0 Å². The Kier molecular flexibility index (Phi) is 11.7. The molecule has 0 bridgehead atoms. The van der Waals surface area contributed by atoms with Gasteiger partial charge in [0.05, 0.1) is 10.6 Å². The highest BCUT2D eigenvalue weighted by atomic mass is 35.5. The quantitative estimate of drug-likeness (QED) is 0.167. The Hall–Kier alpha value is -3.85. The van der Waals surface area contributed by atoms with Crippen LogP contribution in [-0.2, 0) is 32.6 Å². The Bertz CT molecular complexity index is 1730. The molecule has 0 aliphatic rings. The van der Waals surface area contributed by atoms with Crippen molar-refractivity contribution in [3.63, 3.8) is 0 Å². The minimum atomic E-state index is -4.24. The van der Waals surface area contributed by atoms with Gasteiger partial charge in [-0.05, 0) is 67.3 Å². The summed E-state index contributed by atoms with van der Waals surface area (Å²) in [6, 6.07) is 26.9. The molecule has 0 aliphatic heterocycles. The summed E-state index contributed by atoms with van der Waals surface area (Å²) in [4.78, 5) is 29.7. The number of hydrogen-bond donors (Lipinski definition) is 1. The number of aryl methyl sites for hydroxylation is 2. The number of sulfonamides is 1. The van der Waals surface area contributed by atoms with E-state index in [0.717, 1.165) is 15.4 Å². The molecular weight excluding hydrogens is 629 g/mol. The van der Waals surface area contributed by atoms with Gasteiger partial charge in [0, 0.05) is 29.6 Å². The van der Waals surface area contributed by atoms with Crippen molar-refractivity contribution >= 4 is 50.7 Å². The molecule has 2 amide bonds.